The topological polar surface area (TPSA) is 46.9 Å². The lowest BCUT2D eigenvalue weighted by atomic mass is 9.94. The molecule has 1 N–H and O–H groups in total. The molecule has 1 atom stereocenters. The molecule has 4 heteroatoms. The lowest BCUT2D eigenvalue weighted by Crippen LogP contribution is -2.29. The van der Waals surface area contributed by atoms with E-state index in [0.29, 0.717) is 6.04 Å². The number of nitrogens with one attached hydrogen (secondary N) is 1. The van der Waals surface area contributed by atoms with Crippen LogP contribution in [0.2, 0.25) is 0 Å². The van der Waals surface area contributed by atoms with Gasteiger partial charge in [-0.15, -0.1) is 0 Å². The lowest BCUT2D eigenvalue weighted by molar-refractivity contribution is -0.117. The molecule has 2 rings (SSSR count). The molecule has 0 radical (unpaired) electrons. The molecule has 1 aliphatic carbocycles. The Morgan fingerprint density at radius 3 is 3.12 bits per heavy atom. The van der Waals surface area contributed by atoms with Crippen LogP contribution in [0.1, 0.15) is 50.0 Å². The van der Waals surface area contributed by atoms with Gasteiger partial charge in [-0.05, 0) is 44.7 Å². The van der Waals surface area contributed by atoms with Crippen molar-refractivity contribution in [2.75, 3.05) is 0 Å². The molecule has 0 aromatic carbocycles. The molecule has 0 saturated carbocycles. The van der Waals surface area contributed by atoms with E-state index in [1.807, 2.05) is 4.68 Å². The highest BCUT2D eigenvalue weighted by Crippen LogP contribution is 2.29. The molecule has 4 nitrogen and oxygen atoms in total. The zero-order chi connectivity index (χ0) is 12.4. The predicted molar refractivity (Wildman–Crippen MR) is 66.6 cm³/mol. The molecule has 0 fully saturated rings. The summed E-state index contributed by atoms with van der Waals surface area (Å²) in [5, 5.41) is 7.53. The summed E-state index contributed by atoms with van der Waals surface area (Å²) >= 11 is 0. The lowest BCUT2D eigenvalue weighted by Gasteiger charge is -2.21. The van der Waals surface area contributed by atoms with Crippen LogP contribution in [-0.2, 0) is 11.2 Å². The molecule has 0 spiro atoms. The largest absolute Gasteiger partial charge is 0.344 e. The van der Waals surface area contributed by atoms with Gasteiger partial charge in [-0.2, -0.15) is 5.10 Å². The average Bonchev–Trinajstić information content (AvgIpc) is 2.74. The maximum Gasteiger partial charge on any atom is 0.243 e. The highest BCUT2D eigenvalue weighted by atomic mass is 16.1. The monoisotopic (exact) mass is 233 g/mol. The zero-order valence-corrected chi connectivity index (χ0v) is 10.4. The van der Waals surface area contributed by atoms with Crippen LogP contribution in [-0.4, -0.2) is 15.7 Å². The fourth-order valence-corrected chi connectivity index (χ4v) is 2.20. The van der Waals surface area contributed by atoms with Crippen LogP contribution in [0.3, 0.4) is 0 Å². The van der Waals surface area contributed by atoms with Gasteiger partial charge in [0, 0.05) is 12.2 Å². The van der Waals surface area contributed by atoms with Gasteiger partial charge in [-0.3, -0.25) is 9.48 Å². The van der Waals surface area contributed by atoms with Crippen molar-refractivity contribution in [2.24, 2.45) is 0 Å². The SMILES string of the molecule is C=CC(=O)NC1CCCc2cn(C(C)C)nc21. The minimum absolute atomic E-state index is 0.0456. The third-order valence-corrected chi connectivity index (χ3v) is 3.14. The van der Waals surface area contributed by atoms with E-state index in [4.69, 9.17) is 0 Å². The summed E-state index contributed by atoms with van der Waals surface area (Å²) in [6, 6.07) is 0.403. The van der Waals surface area contributed by atoms with E-state index in [9.17, 15) is 4.79 Å². The molecule has 1 heterocycles. The quantitative estimate of drug-likeness (QED) is 0.813. The minimum Gasteiger partial charge on any atom is -0.344 e. The van der Waals surface area contributed by atoms with E-state index >= 15 is 0 Å². The number of nitrogens with zero attached hydrogens (tertiary/aromatic N) is 2. The molecule has 1 amide bonds. The van der Waals surface area contributed by atoms with Gasteiger partial charge in [0.1, 0.15) is 0 Å². The Hall–Kier alpha value is -1.58. The van der Waals surface area contributed by atoms with Gasteiger partial charge in [-0.1, -0.05) is 6.58 Å². The number of hydrogen-bond donors (Lipinski definition) is 1. The molecule has 1 unspecified atom stereocenters. The zero-order valence-electron chi connectivity index (χ0n) is 10.4. The molecule has 92 valence electrons. The smallest absolute Gasteiger partial charge is 0.243 e. The molecule has 1 aromatic rings. The van der Waals surface area contributed by atoms with Crippen LogP contribution in [0, 0.1) is 0 Å². The van der Waals surface area contributed by atoms with Crippen molar-refractivity contribution in [2.45, 2.75) is 45.2 Å². The number of hydrogen-bond acceptors (Lipinski definition) is 2. The molecular formula is C13H19N3O. The Kier molecular flexibility index (Phi) is 3.31. The average molecular weight is 233 g/mol. The molecular weight excluding hydrogens is 214 g/mol. The number of fused-ring (bicyclic) bond motifs is 1. The standard InChI is InChI=1S/C13H19N3O/c1-4-12(17)14-11-7-5-6-10-8-16(9(2)3)15-13(10)11/h4,8-9,11H,1,5-7H2,2-3H3,(H,14,17). The first-order valence-electron chi connectivity index (χ1n) is 6.12. The van der Waals surface area contributed by atoms with Crippen molar-refractivity contribution >= 4 is 5.91 Å². The van der Waals surface area contributed by atoms with Gasteiger partial charge in [0.15, 0.2) is 0 Å². The highest BCUT2D eigenvalue weighted by Gasteiger charge is 2.25. The third kappa shape index (κ3) is 2.40. The summed E-state index contributed by atoms with van der Waals surface area (Å²) in [6.45, 7) is 7.69. The van der Waals surface area contributed by atoms with E-state index in [-0.39, 0.29) is 11.9 Å². The maximum absolute atomic E-state index is 11.4. The molecule has 1 aliphatic rings. The predicted octanol–water partition coefficient (Wildman–Crippen LogP) is 2.14. The van der Waals surface area contributed by atoms with E-state index < -0.39 is 0 Å². The number of rotatable bonds is 3. The van der Waals surface area contributed by atoms with Crippen LogP contribution in [0.4, 0.5) is 0 Å². The van der Waals surface area contributed by atoms with Crippen LogP contribution in [0.5, 0.6) is 0 Å². The second-order valence-electron chi connectivity index (χ2n) is 4.77. The van der Waals surface area contributed by atoms with E-state index in [2.05, 4.69) is 37.0 Å². The summed E-state index contributed by atoms with van der Waals surface area (Å²) in [4.78, 5) is 11.4. The van der Waals surface area contributed by atoms with Gasteiger partial charge in [0.05, 0.1) is 11.7 Å². The number of aromatic nitrogens is 2. The fourth-order valence-electron chi connectivity index (χ4n) is 2.20. The Morgan fingerprint density at radius 1 is 1.71 bits per heavy atom. The van der Waals surface area contributed by atoms with Gasteiger partial charge >= 0.3 is 0 Å². The van der Waals surface area contributed by atoms with E-state index in [1.54, 1.807) is 0 Å². The maximum atomic E-state index is 11.4. The summed E-state index contributed by atoms with van der Waals surface area (Å²) < 4.78 is 1.98. The number of amides is 1. The molecule has 0 saturated heterocycles. The molecule has 1 aromatic heterocycles. The fraction of sp³-hybridized carbons (Fsp3) is 0.538. The normalized spacial score (nSPS) is 18.9. The number of carbonyl (C=O) groups is 1. The Morgan fingerprint density at radius 2 is 2.47 bits per heavy atom. The number of carbonyl (C=O) groups excluding carboxylic acids is 1. The Balaban J connectivity index is 2.24. The van der Waals surface area contributed by atoms with Gasteiger partial charge < -0.3 is 5.32 Å². The van der Waals surface area contributed by atoms with Crippen molar-refractivity contribution in [3.8, 4) is 0 Å². The minimum atomic E-state index is -0.123. The van der Waals surface area contributed by atoms with Gasteiger partial charge in [0.2, 0.25) is 5.91 Å². The summed E-state index contributed by atoms with van der Waals surface area (Å²) in [5.41, 5.74) is 2.29. The van der Waals surface area contributed by atoms with Crippen molar-refractivity contribution in [3.05, 3.63) is 30.1 Å². The Labute approximate surface area is 102 Å². The first-order valence-corrected chi connectivity index (χ1v) is 6.12. The van der Waals surface area contributed by atoms with E-state index in [0.717, 1.165) is 25.0 Å². The van der Waals surface area contributed by atoms with Crippen molar-refractivity contribution < 1.29 is 4.79 Å². The second kappa shape index (κ2) is 4.73. The van der Waals surface area contributed by atoms with Crippen molar-refractivity contribution in [3.63, 3.8) is 0 Å². The molecule has 0 bridgehead atoms. The van der Waals surface area contributed by atoms with Crippen molar-refractivity contribution in [1.29, 1.82) is 0 Å². The van der Waals surface area contributed by atoms with Crippen LogP contribution >= 0.6 is 0 Å². The molecule has 17 heavy (non-hydrogen) atoms. The summed E-state index contributed by atoms with van der Waals surface area (Å²) in [5.74, 6) is -0.123. The summed E-state index contributed by atoms with van der Waals surface area (Å²) in [7, 11) is 0. The number of aryl methyl sites for hydroxylation is 1. The first kappa shape index (κ1) is 11.9. The van der Waals surface area contributed by atoms with Crippen molar-refractivity contribution in [1.82, 2.24) is 15.1 Å². The van der Waals surface area contributed by atoms with E-state index in [1.165, 1.54) is 11.6 Å². The van der Waals surface area contributed by atoms with Gasteiger partial charge in [-0.25, -0.2) is 0 Å². The van der Waals surface area contributed by atoms with Gasteiger partial charge in [0.25, 0.3) is 0 Å². The summed E-state index contributed by atoms with van der Waals surface area (Å²) in [6.07, 6.45) is 6.53. The van der Waals surface area contributed by atoms with Crippen LogP contribution in [0.25, 0.3) is 0 Å². The highest BCUT2D eigenvalue weighted by molar-refractivity contribution is 5.87. The molecule has 0 aliphatic heterocycles. The van der Waals surface area contributed by atoms with Crippen LogP contribution in [0.15, 0.2) is 18.9 Å². The third-order valence-electron chi connectivity index (χ3n) is 3.14. The van der Waals surface area contributed by atoms with Crippen LogP contribution < -0.4 is 5.32 Å². The second-order valence-corrected chi connectivity index (χ2v) is 4.77. The first-order chi connectivity index (χ1) is 8.11. The Bertz CT molecular complexity index is 434.